The second-order valence-corrected chi connectivity index (χ2v) is 4.62. The van der Waals surface area contributed by atoms with Crippen molar-refractivity contribution in [1.82, 2.24) is 0 Å². The molecule has 2 fully saturated rings. The molecule has 76 valence electrons. The zero-order valence-corrected chi connectivity index (χ0v) is 8.22. The van der Waals surface area contributed by atoms with Crippen molar-refractivity contribution in [2.45, 2.75) is 19.4 Å². The molecule has 1 heterocycles. The summed E-state index contributed by atoms with van der Waals surface area (Å²) in [6.45, 7) is 2.81. The minimum atomic E-state index is -0.241. The van der Waals surface area contributed by atoms with Gasteiger partial charge < -0.3 is 14.3 Å². The summed E-state index contributed by atoms with van der Waals surface area (Å²) in [5, 5.41) is 0. The summed E-state index contributed by atoms with van der Waals surface area (Å²) in [5.41, 5.74) is 0. The van der Waals surface area contributed by atoms with Gasteiger partial charge in [-0.25, -0.2) is 0 Å². The molecule has 3 aliphatic rings. The van der Waals surface area contributed by atoms with Crippen LogP contribution in [0, 0.1) is 23.7 Å². The molecule has 2 aliphatic carbocycles. The summed E-state index contributed by atoms with van der Waals surface area (Å²) in [4.78, 5) is 9.05. The number of fused-ring (bicyclic) bond motifs is 2. The third-order valence-electron chi connectivity index (χ3n) is 4.00. The monoisotopic (exact) mass is 195 g/mol. The molecule has 1 saturated carbocycles. The van der Waals surface area contributed by atoms with Gasteiger partial charge in [0.2, 0.25) is 12.7 Å². The van der Waals surface area contributed by atoms with Crippen LogP contribution in [-0.4, -0.2) is 23.7 Å². The van der Waals surface area contributed by atoms with Crippen LogP contribution in [0.1, 0.15) is 13.3 Å². The van der Waals surface area contributed by atoms with Gasteiger partial charge >= 0.3 is 6.16 Å². The first-order chi connectivity index (χ1) is 6.75. The number of allylic oxidation sites excluding steroid dienone is 2. The average molecular weight is 195 g/mol. The van der Waals surface area contributed by atoms with E-state index in [0.717, 1.165) is 11.8 Å². The lowest BCUT2D eigenvalue weighted by molar-refractivity contribution is 0.124. The van der Waals surface area contributed by atoms with Crippen molar-refractivity contribution in [3.8, 4) is 0 Å². The first-order valence-electron chi connectivity index (χ1n) is 5.29. The summed E-state index contributed by atoms with van der Waals surface area (Å²) >= 11 is 0. The maximum absolute atomic E-state index is 9.05. The molecular weight excluding hydrogens is 180 g/mol. The fraction of sp³-hybridized carbons (Fsp3) is 0.727. The number of rotatable bonds is 1. The van der Waals surface area contributed by atoms with Crippen molar-refractivity contribution >= 4 is 6.16 Å². The second-order valence-electron chi connectivity index (χ2n) is 4.62. The van der Waals surface area contributed by atoms with Gasteiger partial charge in [0.15, 0.2) is 0 Å². The highest BCUT2D eigenvalue weighted by Crippen LogP contribution is 2.50. The lowest BCUT2D eigenvalue weighted by Gasteiger charge is -2.18. The van der Waals surface area contributed by atoms with Crippen molar-refractivity contribution in [1.29, 1.82) is 0 Å². The second kappa shape index (κ2) is 2.75. The fourth-order valence-electron chi connectivity index (χ4n) is 3.17. The molecule has 1 aliphatic heterocycles. The van der Waals surface area contributed by atoms with E-state index in [-0.39, 0.29) is 12.3 Å². The Morgan fingerprint density at radius 2 is 2.29 bits per heavy atom. The van der Waals surface area contributed by atoms with Gasteiger partial charge in [0.1, 0.15) is 0 Å². The number of ether oxygens (including phenoxy) is 2. The van der Waals surface area contributed by atoms with Crippen LogP contribution in [0.5, 0.6) is 0 Å². The zero-order valence-electron chi connectivity index (χ0n) is 8.22. The molecule has 4 unspecified atom stereocenters. The van der Waals surface area contributed by atoms with Gasteiger partial charge in [-0.15, -0.1) is 0 Å². The van der Waals surface area contributed by atoms with E-state index in [4.69, 9.17) is 14.3 Å². The number of carbonyl (C=O) groups excluding carboxylic acids is 1. The molecule has 5 atom stereocenters. The van der Waals surface area contributed by atoms with Gasteiger partial charge in [0.25, 0.3) is 0 Å². The number of hydrogen-bond donors (Lipinski definition) is 0. The molecule has 0 amide bonds. The molecule has 2 bridgehead atoms. The van der Waals surface area contributed by atoms with Crippen LogP contribution in [0.4, 0.5) is 0 Å². The summed E-state index contributed by atoms with van der Waals surface area (Å²) in [6.07, 6.45) is 5.64. The number of cyclic esters (lactones) is 2. The molecule has 3 nitrogen and oxygen atoms in total. The van der Waals surface area contributed by atoms with Crippen LogP contribution in [-0.2, 0) is 9.47 Å². The molecule has 1 N–H and O–H groups in total. The Morgan fingerprint density at radius 1 is 1.43 bits per heavy atom. The van der Waals surface area contributed by atoms with E-state index in [1.54, 1.807) is 0 Å². The molecule has 0 spiro atoms. The molecule has 3 rings (SSSR count). The van der Waals surface area contributed by atoms with Crippen molar-refractivity contribution in [2.75, 3.05) is 6.61 Å². The highest BCUT2D eigenvalue weighted by Gasteiger charge is 2.51. The molecule has 14 heavy (non-hydrogen) atoms. The van der Waals surface area contributed by atoms with Crippen LogP contribution in [0.3, 0.4) is 0 Å². The van der Waals surface area contributed by atoms with Crippen LogP contribution in [0.2, 0.25) is 0 Å². The lowest BCUT2D eigenvalue weighted by Crippen LogP contribution is -2.27. The van der Waals surface area contributed by atoms with E-state index in [2.05, 4.69) is 19.1 Å². The normalized spacial score (nSPS) is 49.5. The highest BCUT2D eigenvalue weighted by atomic mass is 16.8. The van der Waals surface area contributed by atoms with Gasteiger partial charge in [-0.2, -0.15) is 0 Å². The predicted octanol–water partition coefficient (Wildman–Crippen LogP) is 1.32. The van der Waals surface area contributed by atoms with Crippen LogP contribution >= 0.6 is 0 Å². The third-order valence-corrected chi connectivity index (χ3v) is 4.00. The van der Waals surface area contributed by atoms with E-state index < -0.39 is 0 Å². The van der Waals surface area contributed by atoms with E-state index >= 15 is 0 Å². The quantitative estimate of drug-likeness (QED) is 0.359. The molecule has 0 aromatic rings. The smallest absolute Gasteiger partial charge is 0.336 e. The molecule has 0 aromatic carbocycles. The first-order valence-corrected chi connectivity index (χ1v) is 5.29. The topological polar surface area (TPSA) is 39.9 Å². The summed E-state index contributed by atoms with van der Waals surface area (Å²) in [7, 11) is 0. The Balaban J connectivity index is 1.76. The fourth-order valence-corrected chi connectivity index (χ4v) is 3.17. The molecular formula is C11H15O3+. The lowest BCUT2D eigenvalue weighted by atomic mass is 9.87. The Kier molecular flexibility index (Phi) is 1.64. The Labute approximate surface area is 83.1 Å². The Morgan fingerprint density at radius 3 is 2.79 bits per heavy atom. The van der Waals surface area contributed by atoms with Gasteiger partial charge in [-0.3, -0.25) is 0 Å². The zero-order chi connectivity index (χ0) is 9.71. The largest absolute Gasteiger partial charge is 0.713 e. The standard InChI is InChI=1S/C11H14O3/c1-6-7-2-3-8(6)9(4-7)10-5-13-11(12)14-10/h2-3,6-10H,4-5H2,1H3/p+1/t6-,7?,8?,9?,10?/m0/s1. The van der Waals surface area contributed by atoms with Crippen molar-refractivity contribution in [3.05, 3.63) is 12.2 Å². The first kappa shape index (κ1) is 8.33. The van der Waals surface area contributed by atoms with Crippen LogP contribution in [0.15, 0.2) is 12.2 Å². The SMILES string of the molecule is C[C@H]1C2C=CC1C(C1COC(=[OH+])O1)C2. The average Bonchev–Trinajstić information content (AvgIpc) is 2.82. The highest BCUT2D eigenvalue weighted by molar-refractivity contribution is 5.62. The predicted molar refractivity (Wildman–Crippen MR) is 51.2 cm³/mol. The molecule has 3 heteroatoms. The van der Waals surface area contributed by atoms with Crippen molar-refractivity contribution in [2.24, 2.45) is 23.7 Å². The summed E-state index contributed by atoms with van der Waals surface area (Å²) in [6, 6.07) is 0. The molecule has 0 radical (unpaired) electrons. The maximum Gasteiger partial charge on any atom is 0.713 e. The minimum Gasteiger partial charge on any atom is -0.336 e. The Bertz CT molecular complexity index is 297. The Hall–Kier alpha value is -0.990. The summed E-state index contributed by atoms with van der Waals surface area (Å²) in [5.74, 6) is 2.62. The van der Waals surface area contributed by atoms with Crippen LogP contribution in [0.25, 0.3) is 0 Å². The molecule has 1 saturated heterocycles. The van der Waals surface area contributed by atoms with Gasteiger partial charge in [0.05, 0.1) is 0 Å². The maximum atomic E-state index is 9.05. The molecule has 0 aromatic heterocycles. The van der Waals surface area contributed by atoms with Gasteiger partial charge in [0, 0.05) is 5.92 Å². The summed E-state index contributed by atoms with van der Waals surface area (Å²) < 4.78 is 10.2. The van der Waals surface area contributed by atoms with Gasteiger partial charge in [-0.05, 0) is 24.2 Å². The van der Waals surface area contributed by atoms with E-state index in [1.165, 1.54) is 6.42 Å². The number of hydrogen-bond acceptors (Lipinski definition) is 2. The van der Waals surface area contributed by atoms with Crippen molar-refractivity contribution < 1.29 is 14.3 Å². The van der Waals surface area contributed by atoms with Crippen molar-refractivity contribution in [3.63, 3.8) is 0 Å². The van der Waals surface area contributed by atoms with Gasteiger partial charge in [-0.1, -0.05) is 19.1 Å². The van der Waals surface area contributed by atoms with Crippen LogP contribution < -0.4 is 0 Å². The minimum absolute atomic E-state index is 0.0670. The van der Waals surface area contributed by atoms with E-state index in [0.29, 0.717) is 18.4 Å². The van der Waals surface area contributed by atoms with E-state index in [9.17, 15) is 0 Å². The van der Waals surface area contributed by atoms with E-state index in [1.807, 2.05) is 0 Å². The third kappa shape index (κ3) is 1.01.